The van der Waals surface area contributed by atoms with Gasteiger partial charge in [-0.3, -0.25) is 4.90 Å². The highest BCUT2D eigenvalue weighted by Gasteiger charge is 2.19. The van der Waals surface area contributed by atoms with Gasteiger partial charge in [0.05, 0.1) is 12.2 Å². The van der Waals surface area contributed by atoms with Crippen LogP contribution in [0.4, 0.5) is 5.82 Å². The van der Waals surface area contributed by atoms with Crippen LogP contribution in [0.3, 0.4) is 0 Å². The van der Waals surface area contributed by atoms with Crippen LogP contribution in [0.2, 0.25) is 0 Å². The molecule has 0 amide bonds. The molecule has 1 N–H and O–H groups in total. The van der Waals surface area contributed by atoms with Crippen molar-refractivity contribution in [1.82, 2.24) is 9.88 Å². The van der Waals surface area contributed by atoms with Gasteiger partial charge in [-0.15, -0.1) is 0 Å². The number of pyridine rings is 1. The van der Waals surface area contributed by atoms with E-state index in [1.165, 1.54) is 6.42 Å². The van der Waals surface area contributed by atoms with E-state index in [0.29, 0.717) is 11.6 Å². The molecule has 5 nitrogen and oxygen atoms in total. The van der Waals surface area contributed by atoms with Crippen molar-refractivity contribution in [2.24, 2.45) is 0 Å². The minimum absolute atomic E-state index is 0.422. The van der Waals surface area contributed by atoms with E-state index in [9.17, 15) is 0 Å². The average Bonchev–Trinajstić information content (AvgIpc) is 2.46. The molecule has 5 heteroatoms. The van der Waals surface area contributed by atoms with Crippen molar-refractivity contribution >= 4 is 5.82 Å². The van der Waals surface area contributed by atoms with Crippen molar-refractivity contribution in [2.75, 3.05) is 38.7 Å². The fourth-order valence-corrected chi connectivity index (χ4v) is 2.35. The predicted molar refractivity (Wildman–Crippen MR) is 73.9 cm³/mol. The Morgan fingerprint density at radius 2 is 2.47 bits per heavy atom. The zero-order chi connectivity index (χ0) is 13.5. The lowest BCUT2D eigenvalue weighted by molar-refractivity contribution is 0.131. The summed E-state index contributed by atoms with van der Waals surface area (Å²) in [5.74, 6) is 0.845. The third kappa shape index (κ3) is 4.19. The first-order valence-corrected chi connectivity index (χ1v) is 6.66. The molecule has 0 aromatic carbocycles. The zero-order valence-electron chi connectivity index (χ0n) is 11.3. The molecule has 0 bridgehead atoms. The SMILES string of the molecule is COCCN1CCC[C@@H](Nc2ccc(C#N)cn2)C1. The molecule has 1 aliphatic rings. The van der Waals surface area contributed by atoms with Gasteiger partial charge in [0.25, 0.3) is 0 Å². The van der Waals surface area contributed by atoms with Crippen molar-refractivity contribution in [2.45, 2.75) is 18.9 Å². The number of nitriles is 1. The maximum absolute atomic E-state index is 8.74. The molecule has 102 valence electrons. The third-order valence-electron chi connectivity index (χ3n) is 3.36. The second kappa shape index (κ2) is 7.07. The lowest BCUT2D eigenvalue weighted by atomic mass is 10.1. The molecule has 2 heterocycles. The minimum atomic E-state index is 0.422. The molecule has 1 aromatic rings. The van der Waals surface area contributed by atoms with Gasteiger partial charge in [-0.25, -0.2) is 4.98 Å². The minimum Gasteiger partial charge on any atom is -0.383 e. The molecular formula is C14H20N4O. The van der Waals surface area contributed by atoms with Gasteiger partial charge < -0.3 is 10.1 Å². The van der Waals surface area contributed by atoms with Crippen molar-refractivity contribution in [1.29, 1.82) is 5.26 Å². The second-order valence-electron chi connectivity index (χ2n) is 4.82. The van der Waals surface area contributed by atoms with Crippen molar-refractivity contribution in [3.8, 4) is 6.07 Å². The molecule has 1 atom stereocenters. The fourth-order valence-electron chi connectivity index (χ4n) is 2.35. The van der Waals surface area contributed by atoms with Crippen LogP contribution < -0.4 is 5.32 Å². The van der Waals surface area contributed by atoms with E-state index in [1.54, 1.807) is 19.4 Å². The Bertz CT molecular complexity index is 426. The number of nitrogens with one attached hydrogen (secondary N) is 1. The van der Waals surface area contributed by atoms with Crippen LogP contribution in [0, 0.1) is 11.3 Å². The van der Waals surface area contributed by atoms with E-state index in [0.717, 1.165) is 38.5 Å². The monoisotopic (exact) mass is 260 g/mol. The van der Waals surface area contributed by atoms with Crippen LogP contribution in [0.25, 0.3) is 0 Å². The van der Waals surface area contributed by atoms with E-state index in [-0.39, 0.29) is 0 Å². The summed E-state index contributed by atoms with van der Waals surface area (Å²) in [6.45, 7) is 3.92. The second-order valence-corrected chi connectivity index (χ2v) is 4.82. The predicted octanol–water partition coefficient (Wildman–Crippen LogP) is 1.48. The van der Waals surface area contributed by atoms with Gasteiger partial charge >= 0.3 is 0 Å². The Balaban J connectivity index is 1.85. The quantitative estimate of drug-likeness (QED) is 0.869. The first kappa shape index (κ1) is 13.8. The Kier molecular flexibility index (Phi) is 5.13. The number of piperidine rings is 1. The van der Waals surface area contributed by atoms with Gasteiger partial charge in [0.15, 0.2) is 0 Å². The van der Waals surface area contributed by atoms with E-state index in [4.69, 9.17) is 10.00 Å². The number of methoxy groups -OCH3 is 1. The summed E-state index contributed by atoms with van der Waals surface area (Å²) in [6.07, 6.45) is 3.96. The summed E-state index contributed by atoms with van der Waals surface area (Å²) in [5.41, 5.74) is 0.593. The Hall–Kier alpha value is -1.64. The van der Waals surface area contributed by atoms with Crippen LogP contribution in [0.5, 0.6) is 0 Å². The number of aromatic nitrogens is 1. The van der Waals surface area contributed by atoms with Crippen LogP contribution in [-0.4, -0.2) is 49.3 Å². The first-order chi connectivity index (χ1) is 9.31. The maximum atomic E-state index is 8.74. The van der Waals surface area contributed by atoms with Crippen LogP contribution in [0.15, 0.2) is 18.3 Å². The highest BCUT2D eigenvalue weighted by Crippen LogP contribution is 2.14. The standard InChI is InChI=1S/C14H20N4O/c1-19-8-7-18-6-2-3-13(11-18)17-14-5-4-12(9-15)10-16-14/h4-5,10,13H,2-3,6-8,11H2,1H3,(H,16,17)/t13-/m1/s1. The van der Waals surface area contributed by atoms with Crippen molar-refractivity contribution < 1.29 is 4.74 Å². The van der Waals surface area contributed by atoms with E-state index < -0.39 is 0 Å². The number of ether oxygens (including phenoxy) is 1. The first-order valence-electron chi connectivity index (χ1n) is 6.66. The number of likely N-dealkylation sites (tertiary alicyclic amines) is 1. The van der Waals surface area contributed by atoms with Gasteiger partial charge in [0.2, 0.25) is 0 Å². The number of hydrogen-bond donors (Lipinski definition) is 1. The summed E-state index contributed by atoms with van der Waals surface area (Å²) in [7, 11) is 1.74. The molecule has 1 saturated heterocycles. The molecule has 1 fully saturated rings. The molecule has 0 aliphatic carbocycles. The lowest BCUT2D eigenvalue weighted by Crippen LogP contribution is -2.43. The van der Waals surface area contributed by atoms with Crippen LogP contribution in [0.1, 0.15) is 18.4 Å². The lowest BCUT2D eigenvalue weighted by Gasteiger charge is -2.33. The number of anilines is 1. The van der Waals surface area contributed by atoms with Gasteiger partial charge in [-0.1, -0.05) is 0 Å². The Labute approximate surface area is 114 Å². The number of rotatable bonds is 5. The van der Waals surface area contributed by atoms with Gasteiger partial charge in [0.1, 0.15) is 11.9 Å². The molecule has 1 aliphatic heterocycles. The molecule has 1 aromatic heterocycles. The molecule has 0 radical (unpaired) electrons. The topological polar surface area (TPSA) is 61.2 Å². The zero-order valence-corrected chi connectivity index (χ0v) is 11.3. The van der Waals surface area contributed by atoms with E-state index in [1.807, 2.05) is 6.07 Å². The largest absolute Gasteiger partial charge is 0.383 e. The summed E-state index contributed by atoms with van der Waals surface area (Å²) in [4.78, 5) is 6.67. The third-order valence-corrected chi connectivity index (χ3v) is 3.36. The van der Waals surface area contributed by atoms with Gasteiger partial charge in [-0.2, -0.15) is 5.26 Å². The molecule has 0 saturated carbocycles. The normalized spacial score (nSPS) is 19.9. The molecular weight excluding hydrogens is 240 g/mol. The molecule has 0 unspecified atom stereocenters. The fraction of sp³-hybridized carbons (Fsp3) is 0.571. The molecule has 0 spiro atoms. The van der Waals surface area contributed by atoms with Crippen molar-refractivity contribution in [3.05, 3.63) is 23.9 Å². The van der Waals surface area contributed by atoms with Crippen molar-refractivity contribution in [3.63, 3.8) is 0 Å². The van der Waals surface area contributed by atoms with E-state index in [2.05, 4.69) is 21.3 Å². The maximum Gasteiger partial charge on any atom is 0.126 e. The summed E-state index contributed by atoms with van der Waals surface area (Å²) >= 11 is 0. The molecule has 2 rings (SSSR count). The number of nitrogens with zero attached hydrogens (tertiary/aromatic N) is 3. The average molecular weight is 260 g/mol. The summed E-state index contributed by atoms with van der Waals surface area (Å²) < 4.78 is 5.12. The van der Waals surface area contributed by atoms with Crippen LogP contribution in [-0.2, 0) is 4.74 Å². The highest BCUT2D eigenvalue weighted by atomic mass is 16.5. The van der Waals surface area contributed by atoms with Gasteiger partial charge in [0, 0.05) is 32.4 Å². The van der Waals surface area contributed by atoms with Crippen LogP contribution >= 0.6 is 0 Å². The van der Waals surface area contributed by atoms with E-state index >= 15 is 0 Å². The number of hydrogen-bond acceptors (Lipinski definition) is 5. The summed E-state index contributed by atoms with van der Waals surface area (Å²) in [6, 6.07) is 6.16. The highest BCUT2D eigenvalue weighted by molar-refractivity contribution is 5.39. The smallest absolute Gasteiger partial charge is 0.126 e. The Morgan fingerprint density at radius 3 is 3.16 bits per heavy atom. The van der Waals surface area contributed by atoms with Gasteiger partial charge in [-0.05, 0) is 31.5 Å². The molecule has 19 heavy (non-hydrogen) atoms. The Morgan fingerprint density at radius 1 is 1.58 bits per heavy atom. The summed E-state index contributed by atoms with van der Waals surface area (Å²) in [5, 5.41) is 12.2.